The summed E-state index contributed by atoms with van der Waals surface area (Å²) in [6, 6.07) is 15.6. The van der Waals surface area contributed by atoms with Gasteiger partial charge in [0.25, 0.3) is 0 Å². The van der Waals surface area contributed by atoms with Crippen LogP contribution in [0, 0.1) is 0 Å². The maximum absolute atomic E-state index is 6.03. The second-order valence-corrected chi connectivity index (χ2v) is 6.88. The van der Waals surface area contributed by atoms with Crippen LogP contribution in [0.3, 0.4) is 0 Å². The molecule has 1 aliphatic rings. The normalized spacial score (nSPS) is 14.1. The highest BCUT2D eigenvalue weighted by Gasteiger charge is 2.19. The average Bonchev–Trinajstić information content (AvgIpc) is 2.74. The molecule has 1 aromatic heterocycles. The second-order valence-electron chi connectivity index (χ2n) is 6.45. The Hall–Kier alpha value is -3.06. The lowest BCUT2D eigenvalue weighted by Crippen LogP contribution is -2.46. The fourth-order valence-corrected chi connectivity index (χ4v) is 3.37. The summed E-state index contributed by atoms with van der Waals surface area (Å²) >= 11 is 6.03. The van der Waals surface area contributed by atoms with E-state index in [1.165, 1.54) is 5.69 Å². The van der Waals surface area contributed by atoms with E-state index in [0.29, 0.717) is 11.0 Å². The molecule has 7 nitrogen and oxygen atoms in total. The monoisotopic (exact) mass is 396 g/mol. The second kappa shape index (κ2) is 8.31. The Bertz CT molecular complexity index is 928. The molecule has 0 spiro atoms. The molecule has 0 saturated carbocycles. The molecule has 1 aliphatic heterocycles. The van der Waals surface area contributed by atoms with E-state index in [1.54, 1.807) is 13.3 Å². The summed E-state index contributed by atoms with van der Waals surface area (Å²) < 4.78 is 5.23. The van der Waals surface area contributed by atoms with Gasteiger partial charge in [-0.25, -0.2) is 0 Å². The number of hydrogen-bond donors (Lipinski definition) is 1. The zero-order valence-corrected chi connectivity index (χ0v) is 16.3. The van der Waals surface area contributed by atoms with Gasteiger partial charge in [-0.3, -0.25) is 0 Å². The molecule has 0 amide bonds. The SMILES string of the molecule is COc1ccc(N2CCN(c3cnnc(Nc4cccc(Cl)c4)n3)CC2)cc1. The van der Waals surface area contributed by atoms with E-state index in [9.17, 15) is 0 Å². The molecular weight excluding hydrogens is 376 g/mol. The molecule has 8 heteroatoms. The summed E-state index contributed by atoms with van der Waals surface area (Å²) in [5, 5.41) is 12.0. The molecule has 1 saturated heterocycles. The molecule has 1 N–H and O–H groups in total. The van der Waals surface area contributed by atoms with Crippen LogP contribution in [0.5, 0.6) is 5.75 Å². The molecular formula is C20H21ClN6O. The van der Waals surface area contributed by atoms with Crippen LogP contribution >= 0.6 is 11.6 Å². The lowest BCUT2D eigenvalue weighted by atomic mass is 10.2. The highest BCUT2D eigenvalue weighted by atomic mass is 35.5. The van der Waals surface area contributed by atoms with Gasteiger partial charge in [0.1, 0.15) is 5.75 Å². The standard InChI is InChI=1S/C20H21ClN6O/c1-28-18-7-5-17(6-8-18)26-9-11-27(12-10-26)19-14-22-25-20(24-19)23-16-4-2-3-15(21)13-16/h2-8,13-14H,9-12H2,1H3,(H,23,24,25). The van der Waals surface area contributed by atoms with Gasteiger partial charge >= 0.3 is 0 Å². The molecule has 2 aromatic carbocycles. The molecule has 3 aromatic rings. The highest BCUT2D eigenvalue weighted by molar-refractivity contribution is 6.30. The van der Waals surface area contributed by atoms with Crippen molar-refractivity contribution in [3.8, 4) is 5.75 Å². The van der Waals surface area contributed by atoms with Crippen LogP contribution in [0.25, 0.3) is 0 Å². The number of benzene rings is 2. The van der Waals surface area contributed by atoms with Crippen molar-refractivity contribution in [1.82, 2.24) is 15.2 Å². The van der Waals surface area contributed by atoms with Crippen molar-refractivity contribution < 1.29 is 4.74 Å². The Labute approximate surface area is 168 Å². The third-order valence-corrected chi connectivity index (χ3v) is 4.90. The summed E-state index contributed by atoms with van der Waals surface area (Å²) in [6.45, 7) is 3.55. The summed E-state index contributed by atoms with van der Waals surface area (Å²) in [7, 11) is 1.68. The largest absolute Gasteiger partial charge is 0.497 e. The Morgan fingerprint density at radius 3 is 2.46 bits per heavy atom. The van der Waals surface area contributed by atoms with Gasteiger partial charge in [0.15, 0.2) is 5.82 Å². The number of methoxy groups -OCH3 is 1. The zero-order chi connectivity index (χ0) is 19.3. The van der Waals surface area contributed by atoms with Gasteiger partial charge < -0.3 is 19.9 Å². The first kappa shape index (κ1) is 18.3. The van der Waals surface area contributed by atoms with Crippen molar-refractivity contribution in [1.29, 1.82) is 0 Å². The van der Waals surface area contributed by atoms with E-state index in [2.05, 4.69) is 42.4 Å². The first-order valence-corrected chi connectivity index (χ1v) is 9.45. The van der Waals surface area contributed by atoms with Gasteiger partial charge in [-0.2, -0.15) is 10.1 Å². The Morgan fingerprint density at radius 1 is 1.00 bits per heavy atom. The fraction of sp³-hybridized carbons (Fsp3) is 0.250. The first-order chi connectivity index (χ1) is 13.7. The summed E-state index contributed by atoms with van der Waals surface area (Å²) in [4.78, 5) is 9.18. The van der Waals surface area contributed by atoms with Crippen molar-refractivity contribution in [2.45, 2.75) is 0 Å². The molecule has 2 heterocycles. The molecule has 0 bridgehead atoms. The number of ether oxygens (including phenoxy) is 1. The van der Waals surface area contributed by atoms with Gasteiger partial charge in [0, 0.05) is 42.6 Å². The van der Waals surface area contributed by atoms with Gasteiger partial charge in [0.2, 0.25) is 5.95 Å². The summed E-state index contributed by atoms with van der Waals surface area (Å²) in [6.07, 6.45) is 1.70. The predicted molar refractivity (Wildman–Crippen MR) is 112 cm³/mol. The minimum atomic E-state index is 0.456. The van der Waals surface area contributed by atoms with Crippen molar-refractivity contribution in [2.24, 2.45) is 0 Å². The van der Waals surface area contributed by atoms with Crippen LogP contribution < -0.4 is 19.9 Å². The molecule has 1 fully saturated rings. The Kier molecular flexibility index (Phi) is 5.43. The maximum Gasteiger partial charge on any atom is 0.249 e. The summed E-state index contributed by atoms with van der Waals surface area (Å²) in [5.41, 5.74) is 2.03. The number of rotatable bonds is 5. The molecule has 144 valence electrons. The minimum Gasteiger partial charge on any atom is -0.497 e. The first-order valence-electron chi connectivity index (χ1n) is 9.07. The molecule has 0 atom stereocenters. The molecule has 0 radical (unpaired) electrons. The number of nitrogens with zero attached hydrogens (tertiary/aromatic N) is 5. The number of nitrogens with one attached hydrogen (secondary N) is 1. The van der Waals surface area contributed by atoms with Crippen LogP contribution in [0.1, 0.15) is 0 Å². The van der Waals surface area contributed by atoms with Crippen molar-refractivity contribution in [3.05, 3.63) is 59.8 Å². The van der Waals surface area contributed by atoms with E-state index >= 15 is 0 Å². The van der Waals surface area contributed by atoms with Gasteiger partial charge in [-0.15, -0.1) is 5.10 Å². The number of hydrogen-bond acceptors (Lipinski definition) is 7. The third-order valence-electron chi connectivity index (χ3n) is 4.67. The van der Waals surface area contributed by atoms with Crippen LogP contribution in [-0.4, -0.2) is 48.5 Å². The van der Waals surface area contributed by atoms with Crippen LogP contribution in [-0.2, 0) is 0 Å². The lowest BCUT2D eigenvalue weighted by Gasteiger charge is -2.36. The Morgan fingerprint density at radius 2 is 1.75 bits per heavy atom. The van der Waals surface area contributed by atoms with Gasteiger partial charge in [-0.05, 0) is 42.5 Å². The number of aromatic nitrogens is 3. The topological polar surface area (TPSA) is 66.4 Å². The number of anilines is 4. The Balaban J connectivity index is 1.40. The van der Waals surface area contributed by atoms with Crippen molar-refractivity contribution in [2.75, 3.05) is 48.4 Å². The fourth-order valence-electron chi connectivity index (χ4n) is 3.18. The summed E-state index contributed by atoms with van der Waals surface area (Å²) in [5.74, 6) is 2.14. The molecule has 0 aliphatic carbocycles. The van der Waals surface area contributed by atoms with E-state index in [1.807, 2.05) is 36.4 Å². The van der Waals surface area contributed by atoms with Crippen molar-refractivity contribution >= 4 is 34.7 Å². The van der Waals surface area contributed by atoms with E-state index in [0.717, 1.165) is 43.4 Å². The average molecular weight is 397 g/mol. The number of piperazine rings is 1. The van der Waals surface area contributed by atoms with Crippen LogP contribution in [0.4, 0.5) is 23.1 Å². The van der Waals surface area contributed by atoms with Crippen molar-refractivity contribution in [3.63, 3.8) is 0 Å². The smallest absolute Gasteiger partial charge is 0.249 e. The minimum absolute atomic E-state index is 0.456. The van der Waals surface area contributed by atoms with E-state index in [4.69, 9.17) is 16.3 Å². The molecule has 4 rings (SSSR count). The van der Waals surface area contributed by atoms with Crippen LogP contribution in [0.15, 0.2) is 54.7 Å². The lowest BCUT2D eigenvalue weighted by molar-refractivity contribution is 0.415. The number of halogens is 1. The maximum atomic E-state index is 6.03. The zero-order valence-electron chi connectivity index (χ0n) is 15.5. The third kappa shape index (κ3) is 4.26. The highest BCUT2D eigenvalue weighted by Crippen LogP contribution is 2.23. The van der Waals surface area contributed by atoms with Gasteiger partial charge in [-0.1, -0.05) is 17.7 Å². The molecule has 0 unspecified atom stereocenters. The molecule has 28 heavy (non-hydrogen) atoms. The van der Waals surface area contributed by atoms with Gasteiger partial charge in [0.05, 0.1) is 13.3 Å². The van der Waals surface area contributed by atoms with Crippen LogP contribution in [0.2, 0.25) is 5.02 Å². The van der Waals surface area contributed by atoms with E-state index < -0.39 is 0 Å². The van der Waals surface area contributed by atoms with E-state index in [-0.39, 0.29) is 0 Å². The predicted octanol–water partition coefficient (Wildman–Crippen LogP) is 3.60. The quantitative estimate of drug-likeness (QED) is 0.706.